The quantitative estimate of drug-likeness (QED) is 0.658. The number of rotatable bonds is 5. The molecule has 0 saturated carbocycles. The van der Waals surface area contributed by atoms with Gasteiger partial charge in [0, 0.05) is 10.4 Å². The van der Waals surface area contributed by atoms with Crippen LogP contribution in [-0.2, 0) is 0 Å². The number of nitrogens with two attached hydrogens (primary N) is 1. The predicted molar refractivity (Wildman–Crippen MR) is 78.0 cm³/mol. The topological polar surface area (TPSA) is 56.5 Å². The Balaban J connectivity index is 2.47. The zero-order valence-electron chi connectivity index (χ0n) is 10.6. The molecule has 102 valence electrons. The second-order valence-corrected chi connectivity index (χ2v) is 5.60. The molecule has 1 atom stereocenters. The third-order valence-corrected chi connectivity index (χ3v) is 4.09. The minimum atomic E-state index is -0.192. The molecule has 2 rings (SSSR count). The number of benzene rings is 1. The van der Waals surface area contributed by atoms with E-state index in [4.69, 9.17) is 26.9 Å². The molecule has 0 amide bonds. The van der Waals surface area contributed by atoms with Crippen molar-refractivity contribution in [2.24, 2.45) is 5.84 Å². The van der Waals surface area contributed by atoms with Gasteiger partial charge in [0.05, 0.1) is 24.6 Å². The molecule has 3 N–H and O–H groups in total. The second kappa shape index (κ2) is 6.25. The summed E-state index contributed by atoms with van der Waals surface area (Å²) in [5, 5.41) is 0. The van der Waals surface area contributed by atoms with Crippen molar-refractivity contribution in [1.29, 1.82) is 0 Å². The van der Waals surface area contributed by atoms with Gasteiger partial charge in [0.25, 0.3) is 0 Å². The van der Waals surface area contributed by atoms with E-state index in [-0.39, 0.29) is 6.04 Å². The standard InChI is InChI=1S/C13H15ClN2O2S/c1-17-8-3-4-10(18-2)9(7-8)13(16-15)11-5-6-12(14)19-11/h3-7,13,16H,15H2,1-2H3. The first-order valence-electron chi connectivity index (χ1n) is 5.63. The minimum absolute atomic E-state index is 0.192. The van der Waals surface area contributed by atoms with Crippen LogP contribution in [0.25, 0.3) is 0 Å². The maximum atomic E-state index is 5.98. The SMILES string of the molecule is COc1ccc(OC)c(C(NN)c2ccc(Cl)s2)c1. The van der Waals surface area contributed by atoms with E-state index >= 15 is 0 Å². The number of hydrogen-bond acceptors (Lipinski definition) is 5. The highest BCUT2D eigenvalue weighted by Crippen LogP contribution is 2.36. The molecule has 0 bridgehead atoms. The van der Waals surface area contributed by atoms with E-state index in [9.17, 15) is 0 Å². The van der Waals surface area contributed by atoms with Gasteiger partial charge in [-0.25, -0.2) is 5.43 Å². The fraction of sp³-hybridized carbons (Fsp3) is 0.231. The van der Waals surface area contributed by atoms with E-state index in [1.54, 1.807) is 14.2 Å². The van der Waals surface area contributed by atoms with Crippen LogP contribution in [0.3, 0.4) is 0 Å². The Kier molecular flexibility index (Phi) is 4.66. The molecule has 6 heteroatoms. The van der Waals surface area contributed by atoms with Gasteiger partial charge in [-0.05, 0) is 30.3 Å². The molecule has 0 saturated heterocycles. The van der Waals surface area contributed by atoms with Gasteiger partial charge in [-0.3, -0.25) is 5.84 Å². The highest BCUT2D eigenvalue weighted by Gasteiger charge is 2.19. The lowest BCUT2D eigenvalue weighted by Crippen LogP contribution is -2.28. The molecule has 0 aliphatic rings. The van der Waals surface area contributed by atoms with Crippen LogP contribution in [0.15, 0.2) is 30.3 Å². The molecule has 0 fully saturated rings. The van der Waals surface area contributed by atoms with Gasteiger partial charge in [0.1, 0.15) is 11.5 Å². The number of halogens is 1. The Labute approximate surface area is 121 Å². The molecule has 1 aromatic heterocycles. The van der Waals surface area contributed by atoms with E-state index in [0.29, 0.717) is 0 Å². The number of ether oxygens (including phenoxy) is 2. The molecular weight excluding hydrogens is 284 g/mol. The number of thiophene rings is 1. The molecule has 19 heavy (non-hydrogen) atoms. The van der Waals surface area contributed by atoms with E-state index in [0.717, 1.165) is 26.3 Å². The number of hydrazine groups is 1. The normalized spacial score (nSPS) is 12.2. The van der Waals surface area contributed by atoms with Gasteiger partial charge >= 0.3 is 0 Å². The largest absolute Gasteiger partial charge is 0.497 e. The predicted octanol–water partition coefficient (Wildman–Crippen LogP) is 2.97. The number of hydrogen-bond donors (Lipinski definition) is 2. The van der Waals surface area contributed by atoms with Crippen molar-refractivity contribution in [3.63, 3.8) is 0 Å². The van der Waals surface area contributed by atoms with E-state index in [1.165, 1.54) is 11.3 Å². The smallest absolute Gasteiger partial charge is 0.124 e. The van der Waals surface area contributed by atoms with Gasteiger partial charge in [-0.1, -0.05) is 11.6 Å². The fourth-order valence-corrected chi connectivity index (χ4v) is 3.01. The first-order chi connectivity index (χ1) is 9.19. The summed E-state index contributed by atoms with van der Waals surface area (Å²) < 4.78 is 11.3. The van der Waals surface area contributed by atoms with Gasteiger partial charge < -0.3 is 9.47 Å². The van der Waals surface area contributed by atoms with E-state index in [1.807, 2.05) is 30.3 Å². The molecule has 1 aromatic carbocycles. The second-order valence-electron chi connectivity index (χ2n) is 3.85. The summed E-state index contributed by atoms with van der Waals surface area (Å²) in [5.41, 5.74) is 3.70. The summed E-state index contributed by atoms with van der Waals surface area (Å²) in [5.74, 6) is 7.17. The molecule has 2 aromatic rings. The third kappa shape index (κ3) is 3.01. The number of methoxy groups -OCH3 is 2. The van der Waals surface area contributed by atoms with Crippen LogP contribution in [0, 0.1) is 0 Å². The van der Waals surface area contributed by atoms with Crippen molar-refractivity contribution in [3.8, 4) is 11.5 Å². The average Bonchev–Trinajstić information content (AvgIpc) is 2.86. The van der Waals surface area contributed by atoms with Gasteiger partial charge in [-0.2, -0.15) is 0 Å². The van der Waals surface area contributed by atoms with Crippen molar-refractivity contribution >= 4 is 22.9 Å². The first-order valence-corrected chi connectivity index (χ1v) is 6.82. The summed E-state index contributed by atoms with van der Waals surface area (Å²) in [4.78, 5) is 1.01. The lowest BCUT2D eigenvalue weighted by atomic mass is 10.0. The van der Waals surface area contributed by atoms with Crippen LogP contribution < -0.4 is 20.7 Å². The highest BCUT2D eigenvalue weighted by atomic mass is 35.5. The Morgan fingerprint density at radius 2 is 2.00 bits per heavy atom. The highest BCUT2D eigenvalue weighted by molar-refractivity contribution is 7.16. The van der Waals surface area contributed by atoms with Crippen molar-refractivity contribution in [2.75, 3.05) is 14.2 Å². The Hall–Kier alpha value is -1.27. The Morgan fingerprint density at radius 3 is 2.53 bits per heavy atom. The van der Waals surface area contributed by atoms with Gasteiger partial charge in [0.15, 0.2) is 0 Å². The van der Waals surface area contributed by atoms with Crippen LogP contribution >= 0.6 is 22.9 Å². The van der Waals surface area contributed by atoms with Gasteiger partial charge in [0.2, 0.25) is 0 Å². The minimum Gasteiger partial charge on any atom is -0.497 e. The van der Waals surface area contributed by atoms with Gasteiger partial charge in [-0.15, -0.1) is 11.3 Å². The van der Waals surface area contributed by atoms with Crippen LogP contribution in [0.1, 0.15) is 16.5 Å². The van der Waals surface area contributed by atoms with Crippen LogP contribution in [0.5, 0.6) is 11.5 Å². The number of nitrogens with one attached hydrogen (secondary N) is 1. The zero-order chi connectivity index (χ0) is 13.8. The molecule has 0 spiro atoms. The summed E-state index contributed by atoms with van der Waals surface area (Å²) in [6.45, 7) is 0. The molecule has 1 heterocycles. The van der Waals surface area contributed by atoms with Crippen molar-refractivity contribution in [2.45, 2.75) is 6.04 Å². The molecule has 0 aliphatic carbocycles. The average molecular weight is 299 g/mol. The van der Waals surface area contributed by atoms with E-state index in [2.05, 4.69) is 5.43 Å². The Bertz CT molecular complexity index is 559. The van der Waals surface area contributed by atoms with Crippen LogP contribution in [-0.4, -0.2) is 14.2 Å². The maximum Gasteiger partial charge on any atom is 0.124 e. The first kappa shape index (κ1) is 14.1. The monoisotopic (exact) mass is 298 g/mol. The molecule has 4 nitrogen and oxygen atoms in total. The summed E-state index contributed by atoms with van der Waals surface area (Å²) in [6, 6.07) is 9.19. The Morgan fingerprint density at radius 1 is 1.21 bits per heavy atom. The van der Waals surface area contributed by atoms with Crippen molar-refractivity contribution in [3.05, 3.63) is 45.1 Å². The fourth-order valence-electron chi connectivity index (χ4n) is 1.87. The summed E-state index contributed by atoms with van der Waals surface area (Å²) in [7, 11) is 3.25. The maximum absolute atomic E-state index is 5.98. The van der Waals surface area contributed by atoms with E-state index < -0.39 is 0 Å². The summed E-state index contributed by atoms with van der Waals surface area (Å²) >= 11 is 7.45. The lowest BCUT2D eigenvalue weighted by Gasteiger charge is -2.18. The molecule has 1 unspecified atom stereocenters. The van der Waals surface area contributed by atoms with Crippen molar-refractivity contribution < 1.29 is 9.47 Å². The zero-order valence-corrected chi connectivity index (χ0v) is 12.2. The third-order valence-electron chi connectivity index (χ3n) is 2.79. The molecular formula is C13H15ClN2O2S. The lowest BCUT2D eigenvalue weighted by molar-refractivity contribution is 0.394. The van der Waals surface area contributed by atoms with Crippen LogP contribution in [0.2, 0.25) is 4.34 Å². The molecule has 0 aliphatic heterocycles. The van der Waals surface area contributed by atoms with Crippen LogP contribution in [0.4, 0.5) is 0 Å². The molecule has 0 radical (unpaired) electrons. The summed E-state index contributed by atoms with van der Waals surface area (Å²) in [6.07, 6.45) is 0. The van der Waals surface area contributed by atoms with Crippen molar-refractivity contribution in [1.82, 2.24) is 5.43 Å².